The molecule has 3 aromatic rings. The third-order valence-corrected chi connectivity index (χ3v) is 9.77. The Kier molecular flexibility index (Phi) is 13.7. The van der Waals surface area contributed by atoms with Crippen LogP contribution in [0.2, 0.25) is 10.6 Å². The van der Waals surface area contributed by atoms with Crippen LogP contribution in [0.3, 0.4) is 0 Å². The van der Waals surface area contributed by atoms with E-state index in [4.69, 9.17) is 57.8 Å². The lowest BCUT2D eigenvalue weighted by Crippen LogP contribution is -2.51. The van der Waals surface area contributed by atoms with Crippen LogP contribution in [0.4, 0.5) is 46.4 Å². The van der Waals surface area contributed by atoms with Gasteiger partial charge in [-0.15, -0.1) is 0 Å². The Morgan fingerprint density at radius 1 is 0.607 bits per heavy atom. The van der Waals surface area contributed by atoms with Crippen molar-refractivity contribution in [1.82, 2.24) is 49.8 Å². The van der Waals surface area contributed by atoms with E-state index in [-0.39, 0.29) is 16.7 Å². The third kappa shape index (κ3) is 11.3. The van der Waals surface area contributed by atoms with Gasteiger partial charge < -0.3 is 44.8 Å². The number of rotatable bonds is 13. The Hall–Kier alpha value is -4.52. The van der Waals surface area contributed by atoms with Gasteiger partial charge in [0.05, 0.1) is 0 Å². The monoisotopic (exact) mass is 815 g/mol. The number of aromatic nitrogens is 9. The van der Waals surface area contributed by atoms with Gasteiger partial charge in [-0.2, -0.15) is 44.9 Å². The number of piperazine rings is 3. The van der Waals surface area contributed by atoms with Crippen molar-refractivity contribution in [2.75, 3.05) is 127 Å². The molecule has 3 saturated heterocycles. The van der Waals surface area contributed by atoms with Crippen LogP contribution in [0.1, 0.15) is 60.8 Å². The lowest BCUT2D eigenvalue weighted by atomic mass is 10.2. The van der Waals surface area contributed by atoms with E-state index in [1.165, 1.54) is 0 Å². The van der Waals surface area contributed by atoms with Crippen LogP contribution in [-0.4, -0.2) is 153 Å². The maximum absolute atomic E-state index is 12.7. The highest BCUT2D eigenvalue weighted by Gasteiger charge is 2.30. The number of unbranched alkanes of at least 4 members (excludes halogenated alkanes) is 2. The number of ether oxygens (including phenoxy) is 1. The maximum Gasteiger partial charge on any atom is 0.410 e. The first-order valence-corrected chi connectivity index (χ1v) is 20.4. The van der Waals surface area contributed by atoms with E-state index in [1.807, 2.05) is 25.7 Å². The number of carbonyl (C=O) groups is 1. The van der Waals surface area contributed by atoms with Crippen LogP contribution >= 0.6 is 23.2 Å². The molecule has 0 aromatic carbocycles. The van der Waals surface area contributed by atoms with E-state index in [1.54, 1.807) is 4.90 Å². The first-order valence-electron chi connectivity index (χ1n) is 19.6. The minimum absolute atomic E-state index is 0.0674. The van der Waals surface area contributed by atoms with Gasteiger partial charge in [-0.3, -0.25) is 0 Å². The predicted molar refractivity (Wildman–Crippen MR) is 220 cm³/mol. The molecule has 0 spiro atoms. The highest BCUT2D eigenvalue weighted by Crippen LogP contribution is 2.24. The lowest BCUT2D eigenvalue weighted by molar-refractivity contribution is 0.0240. The van der Waals surface area contributed by atoms with Crippen molar-refractivity contribution in [2.24, 2.45) is 5.92 Å². The summed E-state index contributed by atoms with van der Waals surface area (Å²) in [7, 11) is 0. The van der Waals surface area contributed by atoms with Crippen LogP contribution in [0, 0.1) is 5.92 Å². The molecule has 6 heterocycles. The minimum atomic E-state index is -0.545. The van der Waals surface area contributed by atoms with Crippen molar-refractivity contribution in [3.05, 3.63) is 10.6 Å². The highest BCUT2D eigenvalue weighted by atomic mass is 35.5. The van der Waals surface area contributed by atoms with Gasteiger partial charge in [0.1, 0.15) is 5.60 Å². The molecule has 2 N–H and O–H groups in total. The number of amides is 1. The maximum atomic E-state index is 12.7. The average Bonchev–Trinajstić information content (AvgIpc) is 3.18. The summed E-state index contributed by atoms with van der Waals surface area (Å²) in [6, 6.07) is 0. The normalized spacial score (nSPS) is 16.8. The number of carbonyl (C=O) groups excluding carboxylic acids is 1. The molecule has 3 aliphatic rings. The van der Waals surface area contributed by atoms with E-state index in [9.17, 15) is 4.79 Å². The number of anilines is 7. The van der Waals surface area contributed by atoms with Gasteiger partial charge in [0.25, 0.3) is 0 Å². The Morgan fingerprint density at radius 3 is 1.39 bits per heavy atom. The minimum Gasteiger partial charge on any atom is -0.444 e. The second-order valence-electron chi connectivity index (χ2n) is 15.5. The summed E-state index contributed by atoms with van der Waals surface area (Å²) >= 11 is 12.1. The fourth-order valence-corrected chi connectivity index (χ4v) is 6.74. The second kappa shape index (κ2) is 18.6. The van der Waals surface area contributed by atoms with Crippen molar-refractivity contribution in [3.8, 4) is 0 Å². The van der Waals surface area contributed by atoms with Crippen molar-refractivity contribution in [3.63, 3.8) is 0 Å². The van der Waals surface area contributed by atoms with Gasteiger partial charge in [-0.05, 0) is 56.3 Å². The summed E-state index contributed by atoms with van der Waals surface area (Å²) in [6.45, 7) is 21.1. The molecule has 0 atom stereocenters. The molecule has 56 heavy (non-hydrogen) atoms. The summed E-state index contributed by atoms with van der Waals surface area (Å²) in [4.78, 5) is 66.8. The van der Waals surface area contributed by atoms with Crippen molar-refractivity contribution in [2.45, 2.75) is 66.4 Å². The lowest BCUT2D eigenvalue weighted by Gasteiger charge is -2.37. The Bertz CT molecular complexity index is 1740. The largest absolute Gasteiger partial charge is 0.444 e. The van der Waals surface area contributed by atoms with Gasteiger partial charge in [0.15, 0.2) is 0 Å². The predicted octanol–water partition coefficient (Wildman–Crippen LogP) is 3.93. The van der Waals surface area contributed by atoms with Gasteiger partial charge in [-0.1, -0.05) is 33.6 Å². The molecule has 21 heteroatoms. The van der Waals surface area contributed by atoms with E-state index < -0.39 is 5.60 Å². The molecule has 306 valence electrons. The second-order valence-corrected chi connectivity index (χ2v) is 16.2. The molecule has 6 rings (SSSR count). The van der Waals surface area contributed by atoms with E-state index >= 15 is 0 Å². The number of nitrogens with zero attached hydrogens (tertiary/aromatic N) is 15. The zero-order valence-corrected chi connectivity index (χ0v) is 34.9. The smallest absolute Gasteiger partial charge is 0.410 e. The standard InChI is InChI=1S/C35H55Cl2N17O2/c1-7-8-9-10-38-27-43-30(50-13-11-49(12-14-50)29-41-25(36)40-26(37)42-29)47-31(44-27)51-15-17-52(18-16-51)32-45-28(39-23-24(2)3)46-33(48-32)53-19-21-54(22-20-53)34(55)56-35(4,5)6/h24H,7-23H2,1-6H3,(H,38,43,44,47)(H,39,45,46,48). The molecule has 0 aliphatic carbocycles. The van der Waals surface area contributed by atoms with Crippen molar-refractivity contribution >= 4 is 70.9 Å². The number of nitrogens with one attached hydrogen (secondary N) is 2. The molecular formula is C35H55Cl2N17O2. The average molecular weight is 817 g/mol. The number of hydrogen-bond donors (Lipinski definition) is 2. The highest BCUT2D eigenvalue weighted by molar-refractivity contribution is 6.31. The Balaban J connectivity index is 1.14. The van der Waals surface area contributed by atoms with Crippen LogP contribution in [0.5, 0.6) is 0 Å². The SMILES string of the molecule is CCCCCNc1nc(N2CCN(c3nc(Cl)nc(Cl)n3)CC2)nc(N2CCN(c3nc(NCC(C)C)nc(N4CCN(C(=O)OC(C)(C)C)CC4)n3)CC2)n1. The van der Waals surface area contributed by atoms with Gasteiger partial charge >= 0.3 is 6.09 Å². The summed E-state index contributed by atoms with van der Waals surface area (Å²) < 4.78 is 5.60. The third-order valence-electron chi connectivity index (χ3n) is 9.43. The zero-order valence-electron chi connectivity index (χ0n) is 33.4. The topological polar surface area (TPSA) is 186 Å². The van der Waals surface area contributed by atoms with Crippen molar-refractivity contribution < 1.29 is 9.53 Å². The van der Waals surface area contributed by atoms with E-state index in [0.29, 0.717) is 126 Å². The molecule has 0 radical (unpaired) electrons. The summed E-state index contributed by atoms with van der Waals surface area (Å²) in [6.07, 6.45) is 2.99. The van der Waals surface area contributed by atoms with Gasteiger partial charge in [0.2, 0.25) is 52.2 Å². The molecule has 0 saturated carbocycles. The quantitative estimate of drug-likeness (QED) is 0.236. The molecule has 3 aromatic heterocycles. The molecule has 0 unspecified atom stereocenters. The molecule has 3 fully saturated rings. The Morgan fingerprint density at radius 2 is 1.00 bits per heavy atom. The molecule has 0 bridgehead atoms. The van der Waals surface area contributed by atoms with Gasteiger partial charge in [-0.25, -0.2) is 4.79 Å². The van der Waals surface area contributed by atoms with Crippen LogP contribution in [-0.2, 0) is 4.74 Å². The molecule has 19 nitrogen and oxygen atoms in total. The molecule has 1 amide bonds. The number of hydrogen-bond acceptors (Lipinski definition) is 18. The van der Waals surface area contributed by atoms with Crippen LogP contribution in [0.25, 0.3) is 0 Å². The van der Waals surface area contributed by atoms with E-state index in [0.717, 1.165) is 32.4 Å². The van der Waals surface area contributed by atoms with Crippen molar-refractivity contribution in [1.29, 1.82) is 0 Å². The summed E-state index contributed by atoms with van der Waals surface area (Å²) in [5.74, 6) is 4.43. The Labute approximate surface area is 339 Å². The fourth-order valence-electron chi connectivity index (χ4n) is 6.39. The first-order chi connectivity index (χ1) is 26.8. The van der Waals surface area contributed by atoms with E-state index in [2.05, 4.69) is 66.0 Å². The summed E-state index contributed by atoms with van der Waals surface area (Å²) in [5.41, 5.74) is -0.545. The summed E-state index contributed by atoms with van der Waals surface area (Å²) in [5, 5.41) is 6.98. The number of halogens is 2. The molecule has 3 aliphatic heterocycles. The van der Waals surface area contributed by atoms with Gasteiger partial charge in [0, 0.05) is 91.6 Å². The van der Waals surface area contributed by atoms with Crippen LogP contribution in [0.15, 0.2) is 0 Å². The molecular weight excluding hydrogens is 761 g/mol. The zero-order chi connectivity index (χ0) is 39.8. The van der Waals surface area contributed by atoms with Crippen LogP contribution < -0.4 is 35.1 Å². The first kappa shape index (κ1) is 41.1. The fraction of sp³-hybridized carbons (Fsp3) is 0.714.